The minimum atomic E-state index is 0.115. The van der Waals surface area contributed by atoms with Gasteiger partial charge in [0.05, 0.1) is 5.69 Å². The van der Waals surface area contributed by atoms with Crippen molar-refractivity contribution in [3.05, 3.63) is 52.9 Å². The van der Waals surface area contributed by atoms with Crippen LogP contribution in [0.5, 0.6) is 0 Å². The molecule has 0 aliphatic carbocycles. The molecule has 3 rings (SSSR count). The van der Waals surface area contributed by atoms with Crippen molar-refractivity contribution < 1.29 is 4.79 Å². The predicted molar refractivity (Wildman–Crippen MR) is 94.4 cm³/mol. The summed E-state index contributed by atoms with van der Waals surface area (Å²) in [5, 5.41) is 8.23. The van der Waals surface area contributed by atoms with Gasteiger partial charge in [-0.15, -0.1) is 5.10 Å². The van der Waals surface area contributed by atoms with E-state index in [4.69, 9.17) is 0 Å². The molecule has 5 heteroatoms. The summed E-state index contributed by atoms with van der Waals surface area (Å²) in [4.78, 5) is 14.7. The summed E-state index contributed by atoms with van der Waals surface area (Å²) in [5.74, 6) is 0.396. The first-order valence-corrected chi connectivity index (χ1v) is 8.43. The van der Waals surface area contributed by atoms with Crippen LogP contribution >= 0.6 is 0 Å². The molecule has 1 fully saturated rings. The molecule has 1 saturated heterocycles. The standard InChI is InChI=1S/C19H24N4O/c1-14-6-8-16(9-7-14)11-15(2)19(24)23-10-4-5-17(12-23)18-13-22(3)21-20-18/h6-9,11,13,17H,4-5,10,12H2,1-3H3. The number of nitrogens with zero attached hydrogens (tertiary/aromatic N) is 4. The number of amides is 1. The number of hydrogen-bond acceptors (Lipinski definition) is 3. The highest BCUT2D eigenvalue weighted by Gasteiger charge is 2.26. The van der Waals surface area contributed by atoms with E-state index in [0.29, 0.717) is 0 Å². The van der Waals surface area contributed by atoms with E-state index in [0.717, 1.165) is 42.8 Å². The molecule has 24 heavy (non-hydrogen) atoms. The predicted octanol–water partition coefficient (Wildman–Crippen LogP) is 2.93. The van der Waals surface area contributed by atoms with Crippen LogP contribution < -0.4 is 0 Å². The molecular formula is C19H24N4O. The van der Waals surface area contributed by atoms with Crippen molar-refractivity contribution in [2.24, 2.45) is 7.05 Å². The molecule has 0 N–H and O–H groups in total. The van der Waals surface area contributed by atoms with Gasteiger partial charge in [0.25, 0.3) is 0 Å². The molecule has 1 aliphatic rings. The van der Waals surface area contributed by atoms with Crippen molar-refractivity contribution in [3.8, 4) is 0 Å². The Morgan fingerprint density at radius 2 is 2.04 bits per heavy atom. The molecule has 0 bridgehead atoms. The van der Waals surface area contributed by atoms with Crippen molar-refractivity contribution in [2.45, 2.75) is 32.6 Å². The lowest BCUT2D eigenvalue weighted by atomic mass is 9.94. The average Bonchev–Trinajstić information content (AvgIpc) is 3.03. The lowest BCUT2D eigenvalue weighted by Gasteiger charge is -2.32. The van der Waals surface area contributed by atoms with Crippen LogP contribution in [-0.2, 0) is 11.8 Å². The van der Waals surface area contributed by atoms with Gasteiger partial charge in [-0.2, -0.15) is 0 Å². The zero-order chi connectivity index (χ0) is 17.1. The Labute approximate surface area is 143 Å². The summed E-state index contributed by atoms with van der Waals surface area (Å²) in [5.41, 5.74) is 4.04. The Bertz CT molecular complexity index is 745. The van der Waals surface area contributed by atoms with Gasteiger partial charge in [-0.05, 0) is 38.3 Å². The molecular weight excluding hydrogens is 300 g/mol. The highest BCUT2D eigenvalue weighted by atomic mass is 16.2. The molecule has 0 spiro atoms. The van der Waals surface area contributed by atoms with E-state index >= 15 is 0 Å². The summed E-state index contributed by atoms with van der Waals surface area (Å²) >= 11 is 0. The number of carbonyl (C=O) groups is 1. The van der Waals surface area contributed by atoms with Crippen LogP contribution in [0.2, 0.25) is 0 Å². The van der Waals surface area contributed by atoms with E-state index in [-0.39, 0.29) is 11.8 Å². The monoisotopic (exact) mass is 324 g/mol. The minimum Gasteiger partial charge on any atom is -0.338 e. The molecule has 5 nitrogen and oxygen atoms in total. The Balaban J connectivity index is 1.70. The lowest BCUT2D eigenvalue weighted by Crippen LogP contribution is -2.39. The third-order valence-corrected chi connectivity index (χ3v) is 4.55. The molecule has 1 aromatic heterocycles. The normalized spacial score (nSPS) is 18.7. The van der Waals surface area contributed by atoms with E-state index in [1.807, 2.05) is 43.3 Å². The highest BCUT2D eigenvalue weighted by molar-refractivity contribution is 5.97. The molecule has 126 valence electrons. The van der Waals surface area contributed by atoms with E-state index in [2.05, 4.69) is 29.4 Å². The van der Waals surface area contributed by atoms with Crippen LogP contribution in [0.3, 0.4) is 0 Å². The SMILES string of the molecule is CC(=Cc1ccc(C)cc1)C(=O)N1CCCC(c2cn(C)nn2)C1. The maximum Gasteiger partial charge on any atom is 0.249 e. The van der Waals surface area contributed by atoms with Crippen molar-refractivity contribution in [1.29, 1.82) is 0 Å². The maximum absolute atomic E-state index is 12.8. The summed E-state index contributed by atoms with van der Waals surface area (Å²) < 4.78 is 1.72. The number of likely N-dealkylation sites (tertiary alicyclic amines) is 1. The molecule has 1 aromatic carbocycles. The molecule has 2 heterocycles. The number of aryl methyl sites for hydroxylation is 2. The molecule has 1 amide bonds. The third kappa shape index (κ3) is 3.72. The second-order valence-corrected chi connectivity index (χ2v) is 6.65. The molecule has 1 aliphatic heterocycles. The number of benzene rings is 1. The van der Waals surface area contributed by atoms with E-state index < -0.39 is 0 Å². The van der Waals surface area contributed by atoms with Gasteiger partial charge in [0.2, 0.25) is 5.91 Å². The summed E-state index contributed by atoms with van der Waals surface area (Å²) in [7, 11) is 1.87. The van der Waals surface area contributed by atoms with Gasteiger partial charge in [-0.1, -0.05) is 35.0 Å². The first-order chi connectivity index (χ1) is 11.5. The van der Waals surface area contributed by atoms with Gasteiger partial charge < -0.3 is 4.90 Å². The number of carbonyl (C=O) groups excluding carboxylic acids is 1. The first-order valence-electron chi connectivity index (χ1n) is 8.43. The zero-order valence-electron chi connectivity index (χ0n) is 14.6. The second-order valence-electron chi connectivity index (χ2n) is 6.65. The Kier molecular flexibility index (Phi) is 4.79. The Morgan fingerprint density at radius 3 is 2.71 bits per heavy atom. The summed E-state index contributed by atoms with van der Waals surface area (Å²) in [6.07, 6.45) is 5.98. The van der Waals surface area contributed by atoms with Crippen molar-refractivity contribution in [2.75, 3.05) is 13.1 Å². The van der Waals surface area contributed by atoms with Gasteiger partial charge in [-0.3, -0.25) is 9.48 Å². The Hall–Kier alpha value is -2.43. The lowest BCUT2D eigenvalue weighted by molar-refractivity contribution is -0.128. The summed E-state index contributed by atoms with van der Waals surface area (Å²) in [6.45, 7) is 5.49. The smallest absolute Gasteiger partial charge is 0.249 e. The fourth-order valence-corrected chi connectivity index (χ4v) is 3.18. The fourth-order valence-electron chi connectivity index (χ4n) is 3.18. The minimum absolute atomic E-state index is 0.115. The van der Waals surface area contributed by atoms with Crippen molar-refractivity contribution in [1.82, 2.24) is 19.9 Å². The quantitative estimate of drug-likeness (QED) is 0.816. The van der Waals surface area contributed by atoms with Gasteiger partial charge in [0.15, 0.2) is 0 Å². The van der Waals surface area contributed by atoms with Crippen molar-refractivity contribution in [3.63, 3.8) is 0 Å². The highest BCUT2D eigenvalue weighted by Crippen LogP contribution is 2.26. The maximum atomic E-state index is 12.8. The molecule has 2 aromatic rings. The average molecular weight is 324 g/mol. The van der Waals surface area contributed by atoms with Crippen LogP contribution in [0.1, 0.15) is 42.5 Å². The Morgan fingerprint density at radius 1 is 1.29 bits per heavy atom. The third-order valence-electron chi connectivity index (χ3n) is 4.55. The largest absolute Gasteiger partial charge is 0.338 e. The van der Waals surface area contributed by atoms with Crippen LogP contribution in [0.4, 0.5) is 0 Å². The number of piperidine rings is 1. The topological polar surface area (TPSA) is 51.0 Å². The number of rotatable bonds is 3. The van der Waals surface area contributed by atoms with Crippen LogP contribution in [0.25, 0.3) is 6.08 Å². The van der Waals surface area contributed by atoms with Gasteiger partial charge in [0, 0.05) is 37.8 Å². The van der Waals surface area contributed by atoms with Crippen LogP contribution in [0, 0.1) is 6.92 Å². The molecule has 1 atom stereocenters. The zero-order valence-corrected chi connectivity index (χ0v) is 14.6. The number of hydrogen-bond donors (Lipinski definition) is 0. The van der Waals surface area contributed by atoms with E-state index in [1.54, 1.807) is 4.68 Å². The van der Waals surface area contributed by atoms with E-state index in [9.17, 15) is 4.79 Å². The second kappa shape index (κ2) is 6.99. The summed E-state index contributed by atoms with van der Waals surface area (Å²) in [6, 6.07) is 8.22. The van der Waals surface area contributed by atoms with Crippen LogP contribution in [-0.4, -0.2) is 38.9 Å². The van der Waals surface area contributed by atoms with Crippen molar-refractivity contribution >= 4 is 12.0 Å². The van der Waals surface area contributed by atoms with E-state index in [1.165, 1.54) is 5.56 Å². The molecule has 0 saturated carbocycles. The number of aromatic nitrogens is 3. The van der Waals surface area contributed by atoms with Gasteiger partial charge in [0.1, 0.15) is 0 Å². The fraction of sp³-hybridized carbons (Fsp3) is 0.421. The first kappa shape index (κ1) is 16.4. The van der Waals surface area contributed by atoms with Gasteiger partial charge >= 0.3 is 0 Å². The molecule has 0 radical (unpaired) electrons. The molecule has 1 unspecified atom stereocenters. The van der Waals surface area contributed by atoms with Gasteiger partial charge in [-0.25, -0.2) is 0 Å². The van der Waals surface area contributed by atoms with Crippen LogP contribution in [0.15, 0.2) is 36.0 Å².